The van der Waals surface area contributed by atoms with E-state index in [0.29, 0.717) is 0 Å². The van der Waals surface area contributed by atoms with Gasteiger partial charge in [-0.2, -0.15) is 0 Å². The molecule has 0 spiro atoms. The lowest BCUT2D eigenvalue weighted by Gasteiger charge is -2.43. The van der Waals surface area contributed by atoms with E-state index in [4.69, 9.17) is 32.3 Å². The summed E-state index contributed by atoms with van der Waals surface area (Å²) in [5.74, 6) is -5.22. The van der Waals surface area contributed by atoms with Crippen LogP contribution in [0.15, 0.2) is 18.2 Å². The Labute approximate surface area is 340 Å². The van der Waals surface area contributed by atoms with Gasteiger partial charge >= 0.3 is 15.2 Å². The standard InChI is InChI=1S/C38H51NO18P2/c1-7-52-58(49,53-8-2)28(59(50,54-9-3)55-10-4)15-26(42)39-22-14-27(56-19(5)33(22)43)57-24-17-38(48,25(41)18-40)16-21-30(24)37(47)32-31(35(21)45)34(44)20-12-11-13-23(51-6)29(20)36(32)46/h11-13,19,22,24,27-28,33,40,43,45,47-48H,7-10,14-18H2,1-6H3,(H,39,42)/t19-,22-,24-,27-,33+,38-/m0/s1. The zero-order valence-electron chi connectivity index (χ0n) is 33.5. The van der Waals surface area contributed by atoms with Crippen LogP contribution < -0.4 is 10.1 Å². The maximum atomic E-state index is 14.0. The number of aliphatic hydroxyl groups excluding tert-OH is 2. The fraction of sp³-hybridized carbons (Fsp3) is 0.579. The summed E-state index contributed by atoms with van der Waals surface area (Å²) in [5, 5.41) is 57.0. The zero-order valence-corrected chi connectivity index (χ0v) is 35.3. The predicted molar refractivity (Wildman–Crippen MR) is 206 cm³/mol. The average molecular weight is 872 g/mol. The van der Waals surface area contributed by atoms with Crippen molar-refractivity contribution in [2.45, 2.75) is 102 Å². The lowest BCUT2D eigenvalue weighted by atomic mass is 9.72. The molecule has 59 heavy (non-hydrogen) atoms. The molecule has 1 heterocycles. The number of Topliss-reactive ketones (excluding diaryl/α,β-unsaturated/α-hetero) is 1. The molecule has 326 valence electrons. The number of benzene rings is 2. The monoisotopic (exact) mass is 871 g/mol. The Morgan fingerprint density at radius 2 is 1.51 bits per heavy atom. The van der Waals surface area contributed by atoms with Crippen molar-refractivity contribution in [2.75, 3.05) is 40.1 Å². The van der Waals surface area contributed by atoms with Crippen LogP contribution in [0.2, 0.25) is 0 Å². The maximum absolute atomic E-state index is 14.0. The number of aliphatic hydroxyl groups is 3. The van der Waals surface area contributed by atoms with Gasteiger partial charge in [-0.1, -0.05) is 12.1 Å². The van der Waals surface area contributed by atoms with Gasteiger partial charge in [-0.15, -0.1) is 0 Å². The lowest BCUT2D eigenvalue weighted by molar-refractivity contribution is -0.249. The highest BCUT2D eigenvalue weighted by Crippen LogP contribution is 2.71. The smallest absolute Gasteiger partial charge is 0.346 e. The molecule has 19 nitrogen and oxygen atoms in total. The van der Waals surface area contributed by atoms with Crippen LogP contribution >= 0.6 is 15.2 Å². The minimum Gasteiger partial charge on any atom is -0.507 e. The van der Waals surface area contributed by atoms with E-state index in [1.807, 2.05) is 0 Å². The lowest BCUT2D eigenvalue weighted by Crippen LogP contribution is -2.56. The average Bonchev–Trinajstić information content (AvgIpc) is 3.18. The second-order valence-corrected chi connectivity index (χ2v) is 19.0. The van der Waals surface area contributed by atoms with Crippen molar-refractivity contribution >= 4 is 38.4 Å². The molecule has 0 saturated carbocycles. The molecule has 5 rings (SSSR count). The second-order valence-electron chi connectivity index (χ2n) is 14.1. The highest BCUT2D eigenvalue weighted by molar-refractivity contribution is 7.72. The van der Waals surface area contributed by atoms with Gasteiger partial charge in [-0.05, 0) is 40.7 Å². The molecular formula is C38H51NO18P2. The number of ketones is 3. The van der Waals surface area contributed by atoms with Gasteiger partial charge in [-0.3, -0.25) is 28.3 Å². The van der Waals surface area contributed by atoms with Crippen LogP contribution in [0.4, 0.5) is 0 Å². The molecule has 2 aromatic rings. The summed E-state index contributed by atoms with van der Waals surface area (Å²) in [6.45, 7) is 5.93. The highest BCUT2D eigenvalue weighted by atomic mass is 31.2. The van der Waals surface area contributed by atoms with Crippen molar-refractivity contribution in [3.63, 3.8) is 0 Å². The topological polar surface area (TPSA) is 280 Å². The number of fused-ring (bicyclic) bond motifs is 3. The first-order valence-electron chi connectivity index (χ1n) is 19.2. The second kappa shape index (κ2) is 18.6. The van der Waals surface area contributed by atoms with Crippen LogP contribution in [0.1, 0.15) is 103 Å². The van der Waals surface area contributed by atoms with Crippen molar-refractivity contribution in [2.24, 2.45) is 0 Å². The molecule has 2 aromatic carbocycles. The first-order valence-corrected chi connectivity index (χ1v) is 22.4. The molecule has 3 aliphatic rings. The maximum Gasteiger partial charge on any atom is 0.346 e. The van der Waals surface area contributed by atoms with Crippen molar-refractivity contribution in [3.8, 4) is 17.2 Å². The Hall–Kier alpha value is -3.58. The van der Waals surface area contributed by atoms with E-state index in [1.165, 1.54) is 59.9 Å². The van der Waals surface area contributed by atoms with Gasteiger partial charge < -0.3 is 63.2 Å². The number of carbonyl (C=O) groups is 4. The summed E-state index contributed by atoms with van der Waals surface area (Å²) in [4.78, 5) is 54.6. The van der Waals surface area contributed by atoms with Gasteiger partial charge in [0.2, 0.25) is 11.7 Å². The highest BCUT2D eigenvalue weighted by Gasteiger charge is 2.53. The molecule has 0 radical (unpaired) electrons. The van der Waals surface area contributed by atoms with E-state index in [2.05, 4.69) is 5.32 Å². The van der Waals surface area contributed by atoms with Gasteiger partial charge in [0, 0.05) is 36.0 Å². The Kier molecular flexibility index (Phi) is 14.6. The molecule has 0 aromatic heterocycles. The molecule has 1 amide bonds. The van der Waals surface area contributed by atoms with Crippen molar-refractivity contribution < 1.29 is 86.1 Å². The zero-order chi connectivity index (χ0) is 43.6. The number of phenols is 2. The number of ether oxygens (including phenoxy) is 3. The number of nitrogens with one attached hydrogen (secondary N) is 1. The SMILES string of the molecule is CCOP(=O)(OCC)C(CC(=O)N[C@H]1C[C@H](O[C@H]2C[C@](O)(C(=O)CO)Cc3c(O)c4c(c(O)c32)C(=O)c2c(OC)cccc2C4=O)O[C@@H](C)[C@H]1O)P(=O)(OCC)OCC. The van der Waals surface area contributed by atoms with Gasteiger partial charge in [-0.25, -0.2) is 0 Å². The van der Waals surface area contributed by atoms with E-state index in [-0.39, 0.29) is 60.9 Å². The molecule has 0 unspecified atom stereocenters. The van der Waals surface area contributed by atoms with Gasteiger partial charge in [0.25, 0.3) is 0 Å². The largest absolute Gasteiger partial charge is 0.507 e. The van der Waals surface area contributed by atoms with E-state index in [9.17, 15) is 53.8 Å². The normalized spacial score (nSPS) is 24.3. The Balaban J connectivity index is 1.50. The molecular weight excluding hydrogens is 820 g/mol. The fourth-order valence-electron chi connectivity index (χ4n) is 7.83. The Morgan fingerprint density at radius 3 is 2.05 bits per heavy atom. The van der Waals surface area contributed by atoms with Gasteiger partial charge in [0.05, 0.1) is 74.9 Å². The van der Waals surface area contributed by atoms with Crippen molar-refractivity contribution in [3.05, 3.63) is 51.6 Å². The fourth-order valence-corrected chi connectivity index (χ4v) is 13.1. The number of rotatable bonds is 18. The van der Waals surface area contributed by atoms with Gasteiger partial charge in [0.1, 0.15) is 35.6 Å². The number of aromatic hydroxyl groups is 2. The summed E-state index contributed by atoms with van der Waals surface area (Å²) in [7, 11) is -7.39. The first-order chi connectivity index (χ1) is 27.9. The third-order valence-corrected chi connectivity index (χ3v) is 16.4. The molecule has 6 N–H and O–H groups in total. The first kappa shape index (κ1) is 46.5. The van der Waals surface area contributed by atoms with Crippen LogP contribution in [0.3, 0.4) is 0 Å². The number of carbonyl (C=O) groups excluding carboxylic acids is 4. The number of hydrogen-bond donors (Lipinski definition) is 6. The number of phenolic OH excluding ortho intramolecular Hbond substituents is 2. The number of amides is 1. The quantitative estimate of drug-likeness (QED) is 0.0789. The summed E-state index contributed by atoms with van der Waals surface area (Å²) in [5.41, 5.74) is -4.42. The molecule has 21 heteroatoms. The van der Waals surface area contributed by atoms with Crippen LogP contribution in [-0.4, -0.2) is 124 Å². The summed E-state index contributed by atoms with van der Waals surface area (Å²) < 4.78 is 67.4. The number of methoxy groups -OCH3 is 1. The van der Waals surface area contributed by atoms with E-state index >= 15 is 0 Å². The third-order valence-electron chi connectivity index (χ3n) is 10.4. The van der Waals surface area contributed by atoms with Crippen LogP contribution in [0.25, 0.3) is 0 Å². The van der Waals surface area contributed by atoms with Crippen LogP contribution in [-0.2, 0) is 52.7 Å². The van der Waals surface area contributed by atoms with E-state index in [1.54, 1.807) is 0 Å². The Morgan fingerprint density at radius 1 is 0.932 bits per heavy atom. The third kappa shape index (κ3) is 8.79. The molecule has 1 saturated heterocycles. The van der Waals surface area contributed by atoms with Crippen molar-refractivity contribution in [1.82, 2.24) is 5.32 Å². The van der Waals surface area contributed by atoms with Crippen LogP contribution in [0, 0.1) is 0 Å². The molecule has 0 bridgehead atoms. The predicted octanol–water partition coefficient (Wildman–Crippen LogP) is 3.41. The minimum absolute atomic E-state index is 0.0265. The van der Waals surface area contributed by atoms with Gasteiger partial charge in [0.15, 0.2) is 23.3 Å². The Bertz CT molecular complexity index is 2010. The van der Waals surface area contributed by atoms with Crippen molar-refractivity contribution in [1.29, 1.82) is 0 Å². The summed E-state index contributed by atoms with van der Waals surface area (Å²) in [6.07, 6.45) is -7.85. The minimum atomic E-state index is -4.34. The molecule has 2 aliphatic carbocycles. The summed E-state index contributed by atoms with van der Waals surface area (Å²) >= 11 is 0. The van der Waals surface area contributed by atoms with Crippen LogP contribution in [0.5, 0.6) is 17.2 Å². The number of hydrogen-bond acceptors (Lipinski definition) is 18. The van der Waals surface area contributed by atoms with E-state index < -0.39 is 129 Å². The molecule has 1 aliphatic heterocycles. The molecule has 6 atom stereocenters. The summed E-state index contributed by atoms with van der Waals surface area (Å²) in [6, 6.07) is 3.06. The van der Waals surface area contributed by atoms with E-state index in [0.717, 1.165) is 0 Å². The molecule has 1 fully saturated rings.